The lowest BCUT2D eigenvalue weighted by molar-refractivity contribution is -0.161. The molecule has 10 nitrogen and oxygen atoms in total. The van der Waals surface area contributed by atoms with Crippen molar-refractivity contribution in [3.8, 4) is 0 Å². The molecule has 3 amide bonds. The Balaban J connectivity index is 1.48. The van der Waals surface area contributed by atoms with Crippen molar-refractivity contribution in [3.63, 3.8) is 0 Å². The topological polar surface area (TPSA) is 125 Å². The van der Waals surface area contributed by atoms with Crippen LogP contribution in [0, 0.1) is 11.8 Å². The van der Waals surface area contributed by atoms with Crippen LogP contribution in [0.3, 0.4) is 0 Å². The number of fused-ring (bicyclic) bond motifs is 1. The monoisotopic (exact) mass is 721 g/mol. The summed E-state index contributed by atoms with van der Waals surface area (Å²) >= 11 is 3.71. The second-order valence-corrected chi connectivity index (χ2v) is 13.8. The predicted molar refractivity (Wildman–Crippen MR) is 183 cm³/mol. The number of ether oxygens (including phenoxy) is 2. The zero-order valence-electron chi connectivity index (χ0n) is 27.2. The first-order valence-corrected chi connectivity index (χ1v) is 17.4. The number of carbonyl (C=O) groups is 4. The molecular weight excluding hydrogens is 678 g/mol. The van der Waals surface area contributed by atoms with E-state index in [9.17, 15) is 24.3 Å². The van der Waals surface area contributed by atoms with E-state index in [0.717, 1.165) is 5.56 Å². The number of nitrogens with zero attached hydrogens (tertiary/aromatic N) is 2. The van der Waals surface area contributed by atoms with E-state index in [1.165, 1.54) is 4.90 Å². The van der Waals surface area contributed by atoms with E-state index in [1.54, 1.807) is 17.1 Å². The van der Waals surface area contributed by atoms with Gasteiger partial charge in [0.1, 0.15) is 17.7 Å². The second kappa shape index (κ2) is 15.6. The molecule has 3 saturated heterocycles. The van der Waals surface area contributed by atoms with Crippen LogP contribution in [0.2, 0.25) is 0 Å². The van der Waals surface area contributed by atoms with Gasteiger partial charge >= 0.3 is 5.97 Å². The molecule has 0 aliphatic carbocycles. The van der Waals surface area contributed by atoms with Crippen LogP contribution in [0.25, 0.3) is 0 Å². The highest BCUT2D eigenvalue weighted by molar-refractivity contribution is 9.09. The zero-order valence-corrected chi connectivity index (χ0v) is 28.8. The number of aliphatic hydroxyl groups is 1. The number of likely N-dealkylation sites (tertiary alicyclic amines) is 1. The Labute approximate surface area is 290 Å². The standard InChI is InChI=1S/C37H44BrN3O7/c1-4-7-18-29(43)39-21-28(25-16-12-9-13-17-25)47-36(46)30-31-34(44)41(26(6-3)23-42)33(37(31)20-27(38)32(30)48-37)35(45)40(19-5-2)22-24-14-10-8-11-15-24/h4-5,8-17,26-28,30-33,42H,1-2,6-7,18-23H2,3H3,(H,39,43)/t26-,27?,28-,30-,31+,32-,33-,37+/m0/s1. The van der Waals surface area contributed by atoms with Crippen molar-refractivity contribution in [3.05, 3.63) is 97.1 Å². The van der Waals surface area contributed by atoms with Gasteiger partial charge in [-0.05, 0) is 30.4 Å². The van der Waals surface area contributed by atoms with Crippen molar-refractivity contribution >= 4 is 39.6 Å². The number of hydrogen-bond acceptors (Lipinski definition) is 7. The predicted octanol–water partition coefficient (Wildman–Crippen LogP) is 4.09. The Kier molecular flexibility index (Phi) is 11.5. The van der Waals surface area contributed by atoms with Crippen LogP contribution >= 0.6 is 15.9 Å². The lowest BCUT2D eigenvalue weighted by Gasteiger charge is -2.39. The Morgan fingerprint density at radius 3 is 2.46 bits per heavy atom. The number of amides is 3. The summed E-state index contributed by atoms with van der Waals surface area (Å²) < 4.78 is 12.8. The molecule has 256 valence electrons. The maximum Gasteiger partial charge on any atom is 0.313 e. The van der Waals surface area contributed by atoms with Gasteiger partial charge in [0.25, 0.3) is 0 Å². The first-order chi connectivity index (χ1) is 23.2. The number of allylic oxidation sites excluding steroid dienone is 1. The Morgan fingerprint density at radius 2 is 1.83 bits per heavy atom. The first kappa shape index (κ1) is 35.5. The van der Waals surface area contributed by atoms with E-state index in [-0.39, 0.29) is 49.3 Å². The summed E-state index contributed by atoms with van der Waals surface area (Å²) in [5.41, 5.74) is 0.270. The van der Waals surface area contributed by atoms with E-state index >= 15 is 0 Å². The van der Waals surface area contributed by atoms with Crippen molar-refractivity contribution in [2.75, 3.05) is 19.7 Å². The molecule has 1 unspecified atom stereocenters. The summed E-state index contributed by atoms with van der Waals surface area (Å²) in [6.45, 7) is 9.56. The lowest BCUT2D eigenvalue weighted by Crippen LogP contribution is -2.58. The summed E-state index contributed by atoms with van der Waals surface area (Å²) in [5.74, 6) is -3.61. The molecule has 3 aliphatic rings. The highest BCUT2D eigenvalue weighted by Crippen LogP contribution is 2.61. The maximum absolute atomic E-state index is 14.7. The van der Waals surface area contributed by atoms with Gasteiger partial charge in [0.2, 0.25) is 17.7 Å². The molecule has 3 fully saturated rings. The number of esters is 1. The molecule has 2 N–H and O–H groups in total. The van der Waals surface area contributed by atoms with Crippen LogP contribution in [0.5, 0.6) is 0 Å². The number of carbonyl (C=O) groups excluding carboxylic acids is 4. The van der Waals surface area contributed by atoms with Crippen LogP contribution in [0.1, 0.15) is 49.8 Å². The van der Waals surface area contributed by atoms with E-state index in [2.05, 4.69) is 34.4 Å². The fourth-order valence-corrected chi connectivity index (χ4v) is 8.37. The van der Waals surface area contributed by atoms with E-state index in [1.807, 2.05) is 67.6 Å². The molecule has 8 atom stereocenters. The number of aliphatic hydroxyl groups excluding tert-OH is 1. The third-order valence-corrected chi connectivity index (χ3v) is 10.5. The highest BCUT2D eigenvalue weighted by atomic mass is 79.9. The van der Waals surface area contributed by atoms with Crippen molar-refractivity contribution in [2.45, 2.75) is 73.9 Å². The van der Waals surface area contributed by atoms with Crippen LogP contribution in [-0.4, -0.2) is 86.9 Å². The van der Waals surface area contributed by atoms with Crippen molar-refractivity contribution in [1.82, 2.24) is 15.1 Å². The number of nitrogens with one attached hydrogen (secondary N) is 1. The molecule has 48 heavy (non-hydrogen) atoms. The Hall–Kier alpha value is -3.80. The van der Waals surface area contributed by atoms with E-state index < -0.39 is 53.6 Å². The molecule has 1 spiro atoms. The molecule has 2 bridgehead atoms. The number of alkyl halides is 1. The summed E-state index contributed by atoms with van der Waals surface area (Å²) in [5, 5.41) is 13.3. The third kappa shape index (κ3) is 6.86. The third-order valence-electron chi connectivity index (χ3n) is 9.68. The normalized spacial score (nSPS) is 26.8. The SMILES string of the molecule is C=CCCC(=O)NC[C@H](OC(=O)[C@@H]1[C@H]2O[C@@]3(CC2Br)[C@H](C(=O)N(CC=C)Cc2ccccc2)N([C@@H](CC)CO)C(=O)[C@@H]13)c1ccccc1. The molecular formula is C37H44BrN3O7. The van der Waals surface area contributed by atoms with Crippen LogP contribution < -0.4 is 5.32 Å². The minimum atomic E-state index is -1.32. The maximum atomic E-state index is 14.7. The number of halogens is 1. The summed E-state index contributed by atoms with van der Waals surface area (Å²) in [6, 6.07) is 16.9. The lowest BCUT2D eigenvalue weighted by atomic mass is 9.70. The fraction of sp³-hybridized carbons (Fsp3) is 0.459. The van der Waals surface area contributed by atoms with Crippen molar-refractivity contribution in [2.24, 2.45) is 11.8 Å². The average molecular weight is 723 g/mol. The van der Waals surface area contributed by atoms with Gasteiger partial charge in [-0.15, -0.1) is 13.2 Å². The molecule has 2 aromatic rings. The summed E-state index contributed by atoms with van der Waals surface area (Å²) in [6.07, 6.45) is 3.24. The van der Waals surface area contributed by atoms with Gasteiger partial charge in [-0.25, -0.2) is 0 Å². The fourth-order valence-electron chi connectivity index (χ4n) is 7.43. The van der Waals surface area contributed by atoms with Gasteiger partial charge in [0.05, 0.1) is 37.1 Å². The highest BCUT2D eigenvalue weighted by Gasteiger charge is 2.77. The molecule has 0 radical (unpaired) electrons. The molecule has 3 aliphatic heterocycles. The van der Waals surface area contributed by atoms with E-state index in [0.29, 0.717) is 24.8 Å². The van der Waals surface area contributed by atoms with Crippen molar-refractivity contribution in [1.29, 1.82) is 0 Å². The minimum Gasteiger partial charge on any atom is -0.455 e. The van der Waals surface area contributed by atoms with Gasteiger partial charge in [-0.3, -0.25) is 19.2 Å². The molecule has 2 aromatic carbocycles. The van der Waals surface area contributed by atoms with Crippen LogP contribution in [0.4, 0.5) is 0 Å². The number of rotatable bonds is 16. The first-order valence-electron chi connectivity index (χ1n) is 16.5. The summed E-state index contributed by atoms with van der Waals surface area (Å²) in [4.78, 5) is 58.7. The van der Waals surface area contributed by atoms with Crippen LogP contribution in [0.15, 0.2) is 86.0 Å². The van der Waals surface area contributed by atoms with Gasteiger partial charge in [-0.1, -0.05) is 95.7 Å². The van der Waals surface area contributed by atoms with Crippen molar-refractivity contribution < 1.29 is 33.8 Å². The number of hydrogen-bond donors (Lipinski definition) is 2. The molecule has 3 heterocycles. The quantitative estimate of drug-likeness (QED) is 0.152. The molecule has 0 aromatic heterocycles. The smallest absolute Gasteiger partial charge is 0.313 e. The second-order valence-electron chi connectivity index (χ2n) is 12.6. The van der Waals surface area contributed by atoms with Gasteiger partial charge in [-0.2, -0.15) is 0 Å². The Morgan fingerprint density at radius 1 is 1.15 bits per heavy atom. The molecule has 0 saturated carbocycles. The Bertz CT molecular complexity index is 1490. The number of benzene rings is 2. The van der Waals surface area contributed by atoms with E-state index in [4.69, 9.17) is 9.47 Å². The largest absolute Gasteiger partial charge is 0.455 e. The van der Waals surface area contributed by atoms with Gasteiger partial charge < -0.3 is 29.7 Å². The minimum absolute atomic E-state index is 0.0388. The van der Waals surface area contributed by atoms with Gasteiger partial charge in [0.15, 0.2) is 0 Å². The van der Waals surface area contributed by atoms with Gasteiger partial charge in [0, 0.05) is 24.3 Å². The molecule has 11 heteroatoms. The van der Waals surface area contributed by atoms with Crippen LogP contribution in [-0.2, 0) is 35.2 Å². The average Bonchev–Trinajstić information content (AvgIpc) is 3.70. The molecule has 5 rings (SSSR count). The summed E-state index contributed by atoms with van der Waals surface area (Å²) in [7, 11) is 0. The zero-order chi connectivity index (χ0) is 34.4.